The van der Waals surface area contributed by atoms with Gasteiger partial charge in [-0.2, -0.15) is 0 Å². The van der Waals surface area contributed by atoms with E-state index in [2.05, 4.69) is 26.3 Å². The fourth-order valence-electron chi connectivity index (χ4n) is 2.11. The van der Waals surface area contributed by atoms with Crippen molar-refractivity contribution in [3.63, 3.8) is 0 Å². The molecule has 5 nitrogen and oxygen atoms in total. The summed E-state index contributed by atoms with van der Waals surface area (Å²) < 4.78 is 0. The van der Waals surface area contributed by atoms with Gasteiger partial charge in [0.25, 0.3) is 0 Å². The Balaban J connectivity index is 1.73. The predicted molar refractivity (Wildman–Crippen MR) is 82.0 cm³/mol. The lowest BCUT2D eigenvalue weighted by Gasteiger charge is -2.12. The number of rotatable bonds is 4. The van der Waals surface area contributed by atoms with Crippen LogP contribution in [0.5, 0.6) is 0 Å². The third-order valence-corrected chi connectivity index (χ3v) is 3.23. The maximum Gasteiger partial charge on any atom is 0.137 e. The monoisotopic (exact) mass is 267 g/mol. The zero-order chi connectivity index (χ0) is 13.9. The number of anilines is 2. The highest BCUT2D eigenvalue weighted by Crippen LogP contribution is 2.18. The zero-order valence-electron chi connectivity index (χ0n) is 11.6. The number of hydrogen-bond donors (Lipinski definition) is 2. The van der Waals surface area contributed by atoms with Gasteiger partial charge in [0.2, 0.25) is 0 Å². The Morgan fingerprint density at radius 3 is 2.85 bits per heavy atom. The molecule has 0 aromatic carbocycles. The van der Waals surface area contributed by atoms with Crippen LogP contribution in [0.2, 0.25) is 0 Å². The highest BCUT2D eigenvalue weighted by Gasteiger charge is 2.04. The first-order valence-corrected chi connectivity index (χ1v) is 6.52. The van der Waals surface area contributed by atoms with E-state index in [1.807, 2.05) is 49.6 Å². The van der Waals surface area contributed by atoms with Crippen LogP contribution in [0.15, 0.2) is 42.9 Å². The highest BCUT2D eigenvalue weighted by atomic mass is 15.1. The second-order valence-electron chi connectivity index (χ2n) is 4.87. The summed E-state index contributed by atoms with van der Waals surface area (Å²) in [7, 11) is 3.96. The van der Waals surface area contributed by atoms with Gasteiger partial charge in [-0.25, -0.2) is 9.97 Å². The summed E-state index contributed by atoms with van der Waals surface area (Å²) >= 11 is 0. The van der Waals surface area contributed by atoms with Gasteiger partial charge in [0, 0.05) is 38.4 Å². The molecule has 0 unspecified atom stereocenters. The molecule has 0 amide bonds. The van der Waals surface area contributed by atoms with Crippen molar-refractivity contribution < 1.29 is 0 Å². The van der Waals surface area contributed by atoms with Gasteiger partial charge in [-0.3, -0.25) is 0 Å². The molecule has 0 aliphatic rings. The molecule has 0 spiro atoms. The van der Waals surface area contributed by atoms with Crippen molar-refractivity contribution >= 4 is 22.5 Å². The molecule has 2 N–H and O–H groups in total. The summed E-state index contributed by atoms with van der Waals surface area (Å²) in [4.78, 5) is 13.8. The maximum absolute atomic E-state index is 4.38. The molecule has 0 saturated carbocycles. The lowest BCUT2D eigenvalue weighted by atomic mass is 10.2. The Morgan fingerprint density at radius 1 is 1.20 bits per heavy atom. The fourth-order valence-corrected chi connectivity index (χ4v) is 2.11. The number of nitrogens with zero attached hydrogens (tertiary/aromatic N) is 3. The van der Waals surface area contributed by atoms with E-state index >= 15 is 0 Å². The van der Waals surface area contributed by atoms with Crippen molar-refractivity contribution in [2.45, 2.75) is 6.54 Å². The normalized spacial score (nSPS) is 10.7. The zero-order valence-corrected chi connectivity index (χ0v) is 11.6. The van der Waals surface area contributed by atoms with Crippen LogP contribution in [0.1, 0.15) is 5.56 Å². The summed E-state index contributed by atoms with van der Waals surface area (Å²) in [5, 5.41) is 4.53. The van der Waals surface area contributed by atoms with Gasteiger partial charge >= 0.3 is 0 Å². The lowest BCUT2D eigenvalue weighted by molar-refractivity contribution is 1.06. The number of fused-ring (bicyclic) bond motifs is 1. The molecule has 3 aromatic heterocycles. The van der Waals surface area contributed by atoms with Gasteiger partial charge in [-0.15, -0.1) is 0 Å². The Morgan fingerprint density at radius 2 is 2.10 bits per heavy atom. The second-order valence-corrected chi connectivity index (χ2v) is 4.87. The average Bonchev–Trinajstić information content (AvgIpc) is 2.89. The molecule has 20 heavy (non-hydrogen) atoms. The Hall–Kier alpha value is -2.56. The molecule has 0 fully saturated rings. The summed E-state index contributed by atoms with van der Waals surface area (Å²) in [6, 6.07) is 8.06. The van der Waals surface area contributed by atoms with E-state index in [0.29, 0.717) is 0 Å². The van der Waals surface area contributed by atoms with Crippen molar-refractivity contribution in [1.82, 2.24) is 15.0 Å². The molecule has 0 saturated heterocycles. The van der Waals surface area contributed by atoms with Crippen LogP contribution in [0, 0.1) is 0 Å². The molecule has 102 valence electrons. The van der Waals surface area contributed by atoms with E-state index in [4.69, 9.17) is 0 Å². The minimum atomic E-state index is 0.745. The summed E-state index contributed by atoms with van der Waals surface area (Å²) in [5.41, 5.74) is 3.13. The standard InChI is InChI=1S/C15H17N5/c1-20(2)14-6-5-12(10-18-14)17-8-11-9-19-15-13(11)4-3-7-16-15/h3-7,9-10,17H,8H2,1-2H3,(H,16,19). The molecular weight excluding hydrogens is 250 g/mol. The molecular formula is C15H17N5. The van der Waals surface area contributed by atoms with Gasteiger partial charge in [0.1, 0.15) is 11.5 Å². The van der Waals surface area contributed by atoms with Crippen LogP contribution >= 0.6 is 0 Å². The largest absolute Gasteiger partial charge is 0.380 e. The summed E-state index contributed by atoms with van der Waals surface area (Å²) in [6.45, 7) is 0.745. The van der Waals surface area contributed by atoms with Gasteiger partial charge in [0.15, 0.2) is 0 Å². The van der Waals surface area contributed by atoms with Gasteiger partial charge < -0.3 is 15.2 Å². The fraction of sp³-hybridized carbons (Fsp3) is 0.200. The van der Waals surface area contributed by atoms with Crippen molar-refractivity contribution in [3.8, 4) is 0 Å². The SMILES string of the molecule is CN(C)c1ccc(NCc2c[nH]c3ncccc23)cn1. The van der Waals surface area contributed by atoms with Crippen LogP contribution in [0.3, 0.4) is 0 Å². The van der Waals surface area contributed by atoms with E-state index in [9.17, 15) is 0 Å². The van der Waals surface area contributed by atoms with Crippen LogP contribution in [0.25, 0.3) is 11.0 Å². The van der Waals surface area contributed by atoms with Crippen molar-refractivity contribution in [2.24, 2.45) is 0 Å². The van der Waals surface area contributed by atoms with Crippen molar-refractivity contribution in [3.05, 3.63) is 48.4 Å². The van der Waals surface area contributed by atoms with E-state index in [1.165, 1.54) is 5.56 Å². The van der Waals surface area contributed by atoms with E-state index in [1.54, 1.807) is 6.20 Å². The van der Waals surface area contributed by atoms with Gasteiger partial charge in [-0.05, 0) is 29.8 Å². The number of nitrogens with one attached hydrogen (secondary N) is 2. The third-order valence-electron chi connectivity index (χ3n) is 3.23. The third kappa shape index (κ3) is 2.42. The Bertz CT molecular complexity index is 700. The molecule has 0 aliphatic carbocycles. The quantitative estimate of drug-likeness (QED) is 0.763. The van der Waals surface area contributed by atoms with Gasteiger partial charge in [0.05, 0.1) is 11.9 Å². The van der Waals surface area contributed by atoms with Crippen LogP contribution in [0.4, 0.5) is 11.5 Å². The number of aromatic nitrogens is 3. The molecule has 0 atom stereocenters. The molecule has 0 bridgehead atoms. The number of hydrogen-bond acceptors (Lipinski definition) is 4. The topological polar surface area (TPSA) is 56.8 Å². The van der Waals surface area contributed by atoms with Crippen LogP contribution in [-0.2, 0) is 6.54 Å². The summed E-state index contributed by atoms with van der Waals surface area (Å²) in [6.07, 6.45) is 5.63. The Kier molecular flexibility index (Phi) is 3.25. The average molecular weight is 267 g/mol. The summed E-state index contributed by atoms with van der Waals surface area (Å²) in [5.74, 6) is 0.951. The molecule has 5 heteroatoms. The lowest BCUT2D eigenvalue weighted by Crippen LogP contribution is -2.10. The molecule has 3 heterocycles. The van der Waals surface area contributed by atoms with Gasteiger partial charge in [-0.1, -0.05) is 0 Å². The molecule has 0 radical (unpaired) electrons. The second kappa shape index (κ2) is 5.21. The van der Waals surface area contributed by atoms with E-state index in [-0.39, 0.29) is 0 Å². The Labute approximate surface area is 117 Å². The smallest absolute Gasteiger partial charge is 0.137 e. The number of aromatic amines is 1. The van der Waals surface area contributed by atoms with Crippen molar-refractivity contribution in [2.75, 3.05) is 24.3 Å². The predicted octanol–water partition coefficient (Wildman–Crippen LogP) is 2.64. The van der Waals surface area contributed by atoms with E-state index < -0.39 is 0 Å². The highest BCUT2D eigenvalue weighted by molar-refractivity contribution is 5.79. The first kappa shape index (κ1) is 12.5. The molecule has 0 aliphatic heterocycles. The minimum absolute atomic E-state index is 0.745. The maximum atomic E-state index is 4.38. The van der Waals surface area contributed by atoms with Crippen LogP contribution in [-0.4, -0.2) is 29.0 Å². The number of H-pyrrole nitrogens is 1. The first-order valence-electron chi connectivity index (χ1n) is 6.52. The number of pyridine rings is 2. The first-order chi connectivity index (χ1) is 9.74. The van der Waals surface area contributed by atoms with Crippen molar-refractivity contribution in [1.29, 1.82) is 0 Å². The van der Waals surface area contributed by atoms with Crippen LogP contribution < -0.4 is 10.2 Å². The van der Waals surface area contributed by atoms with E-state index in [0.717, 1.165) is 29.1 Å². The minimum Gasteiger partial charge on any atom is -0.380 e. The molecule has 3 rings (SSSR count). The molecule has 3 aromatic rings.